The number of alkyl halides is 4. The number of nitrogens with zero attached hydrogens (tertiary/aromatic N) is 1. The van der Waals surface area contributed by atoms with E-state index in [1.807, 2.05) is 65.6 Å². The Kier molecular flexibility index (Phi) is 6.66. The average Bonchev–Trinajstić information content (AvgIpc) is 2.55. The molecule has 0 saturated carbocycles. The lowest BCUT2D eigenvalue weighted by molar-refractivity contribution is -0.141. The minimum atomic E-state index is -2.54. The van der Waals surface area contributed by atoms with Crippen LogP contribution in [0, 0.1) is 0 Å². The van der Waals surface area contributed by atoms with Gasteiger partial charge in [-0.25, -0.2) is 17.6 Å². The van der Waals surface area contributed by atoms with Crippen molar-refractivity contribution in [1.82, 2.24) is 10.2 Å². The molecular weight excluding hydrogens is 368 g/mol. The molecule has 0 aromatic heterocycles. The fraction of sp³-hybridized carbons (Fsp3) is 0.368. The summed E-state index contributed by atoms with van der Waals surface area (Å²) in [6.45, 7) is -0.594. The number of hydrogen-bond acceptors (Lipinski definition) is 2. The molecule has 1 N–H and O–H groups in total. The molecule has 0 bridgehead atoms. The third kappa shape index (κ3) is 5.19. The second-order valence-electron chi connectivity index (χ2n) is 6.44. The average molecular weight is 389 g/mol. The van der Waals surface area contributed by atoms with E-state index in [2.05, 4.69) is 5.32 Å². The molecule has 2 heterocycles. The topological polar surface area (TPSA) is 15.3 Å². The summed E-state index contributed by atoms with van der Waals surface area (Å²) in [5.74, 6) is -4.93. The Hall–Kier alpha value is -1.63. The van der Waals surface area contributed by atoms with Crippen molar-refractivity contribution in [3.8, 4) is 0 Å². The van der Waals surface area contributed by atoms with Crippen LogP contribution in [0.25, 0.3) is 0 Å². The van der Waals surface area contributed by atoms with E-state index >= 15 is 0 Å². The first-order chi connectivity index (χ1) is 11.9. The molecule has 0 aliphatic carbocycles. The maximum Gasteiger partial charge on any atom is 0.273 e. The highest BCUT2D eigenvalue weighted by molar-refractivity contribution is 5.85. The van der Waals surface area contributed by atoms with Gasteiger partial charge in [0.15, 0.2) is 0 Å². The van der Waals surface area contributed by atoms with Gasteiger partial charge in [0.2, 0.25) is 0 Å². The second-order valence-corrected chi connectivity index (χ2v) is 6.44. The van der Waals surface area contributed by atoms with Crippen LogP contribution in [0.4, 0.5) is 17.6 Å². The van der Waals surface area contributed by atoms with Gasteiger partial charge in [0.25, 0.3) is 11.8 Å². The molecule has 2 saturated heterocycles. The van der Waals surface area contributed by atoms with E-state index in [0.717, 1.165) is 11.1 Å². The predicted molar refractivity (Wildman–Crippen MR) is 96.3 cm³/mol. The molecular formula is C19H21ClF4N2. The highest BCUT2D eigenvalue weighted by atomic mass is 35.5. The summed E-state index contributed by atoms with van der Waals surface area (Å²) in [5.41, 5.74) is 2.12. The van der Waals surface area contributed by atoms with Crippen LogP contribution < -0.4 is 5.32 Å². The summed E-state index contributed by atoms with van der Waals surface area (Å²) in [5, 5.41) is 2.45. The van der Waals surface area contributed by atoms with Crippen LogP contribution in [-0.2, 0) is 0 Å². The van der Waals surface area contributed by atoms with Crippen molar-refractivity contribution >= 4 is 12.4 Å². The zero-order chi connectivity index (χ0) is 17.9. The second kappa shape index (κ2) is 8.37. The highest BCUT2D eigenvalue weighted by Gasteiger charge is 2.47. The Morgan fingerprint density at radius 2 is 1.12 bits per heavy atom. The highest BCUT2D eigenvalue weighted by Crippen LogP contribution is 2.38. The fourth-order valence-corrected chi connectivity index (χ4v) is 2.93. The smallest absolute Gasteiger partial charge is 0.273 e. The number of nitrogens with one attached hydrogen (secondary N) is 1. The SMILES string of the molecule is Cl.FC1(F)CN(C(c2ccccc2)c2ccccc2)C1.FC1(F)CNC1. The standard InChI is InChI=1S/C16H15F2N.C3H5F2N.ClH/c17-16(18)11-19(12-16)15(13-7-3-1-4-8-13)14-9-5-2-6-10-14;4-3(5)1-6-2-3;/h1-10,15H,11-12H2;6H,1-2H2;1H. The molecule has 26 heavy (non-hydrogen) atoms. The first-order valence-corrected chi connectivity index (χ1v) is 8.17. The van der Waals surface area contributed by atoms with Crippen molar-refractivity contribution in [3.05, 3.63) is 71.8 Å². The van der Waals surface area contributed by atoms with Crippen LogP contribution in [0.2, 0.25) is 0 Å². The molecule has 0 spiro atoms. The Labute approximate surface area is 156 Å². The number of halogens is 5. The Balaban J connectivity index is 0.000000297. The van der Waals surface area contributed by atoms with Crippen LogP contribution in [0.3, 0.4) is 0 Å². The Morgan fingerprint density at radius 1 is 0.731 bits per heavy atom. The number of likely N-dealkylation sites (tertiary alicyclic amines) is 1. The largest absolute Gasteiger partial charge is 0.305 e. The van der Waals surface area contributed by atoms with Gasteiger partial charge in [-0.05, 0) is 11.1 Å². The van der Waals surface area contributed by atoms with E-state index < -0.39 is 11.8 Å². The summed E-state index contributed by atoms with van der Waals surface area (Å²) in [4.78, 5) is 1.82. The molecule has 7 heteroatoms. The summed E-state index contributed by atoms with van der Waals surface area (Å²) in [7, 11) is 0. The number of benzene rings is 2. The van der Waals surface area contributed by atoms with Gasteiger partial charge < -0.3 is 5.32 Å². The maximum absolute atomic E-state index is 13.1. The van der Waals surface area contributed by atoms with Crippen LogP contribution in [-0.4, -0.2) is 42.9 Å². The summed E-state index contributed by atoms with van der Waals surface area (Å²) in [6, 6.07) is 19.6. The predicted octanol–water partition coefficient (Wildman–Crippen LogP) is 4.37. The van der Waals surface area contributed by atoms with Gasteiger partial charge in [-0.3, -0.25) is 4.90 Å². The van der Waals surface area contributed by atoms with E-state index in [9.17, 15) is 17.6 Å². The minimum absolute atomic E-state index is 0. The zero-order valence-corrected chi connectivity index (χ0v) is 14.9. The molecule has 2 aliphatic rings. The van der Waals surface area contributed by atoms with Gasteiger partial charge in [-0.2, -0.15) is 0 Å². The van der Waals surface area contributed by atoms with Gasteiger partial charge in [0, 0.05) is 0 Å². The first kappa shape index (κ1) is 20.7. The Morgan fingerprint density at radius 3 is 1.38 bits per heavy atom. The Bertz CT molecular complexity index is 629. The summed E-state index contributed by atoms with van der Waals surface area (Å²) >= 11 is 0. The lowest BCUT2D eigenvalue weighted by Crippen LogP contribution is -2.57. The monoisotopic (exact) mass is 388 g/mol. The van der Waals surface area contributed by atoms with Gasteiger partial charge in [-0.1, -0.05) is 60.7 Å². The molecule has 2 aliphatic heterocycles. The van der Waals surface area contributed by atoms with Gasteiger partial charge in [0.05, 0.1) is 32.2 Å². The molecule has 0 unspecified atom stereocenters. The molecule has 0 atom stereocenters. The molecule has 2 nitrogen and oxygen atoms in total. The molecule has 2 aromatic rings. The van der Waals surface area contributed by atoms with E-state index in [0.29, 0.717) is 0 Å². The minimum Gasteiger partial charge on any atom is -0.305 e. The van der Waals surface area contributed by atoms with Gasteiger partial charge >= 0.3 is 0 Å². The number of rotatable bonds is 3. The normalized spacial score (nSPS) is 20.0. The third-order valence-corrected chi connectivity index (χ3v) is 4.23. The van der Waals surface area contributed by atoms with Crippen LogP contribution in [0.1, 0.15) is 17.2 Å². The molecule has 0 amide bonds. The fourth-order valence-electron chi connectivity index (χ4n) is 2.93. The van der Waals surface area contributed by atoms with Crippen molar-refractivity contribution in [1.29, 1.82) is 0 Å². The van der Waals surface area contributed by atoms with Crippen molar-refractivity contribution in [3.63, 3.8) is 0 Å². The maximum atomic E-state index is 13.1. The lowest BCUT2D eigenvalue weighted by atomic mass is 9.93. The van der Waals surface area contributed by atoms with Gasteiger partial charge in [0.1, 0.15) is 0 Å². The van der Waals surface area contributed by atoms with Crippen LogP contribution >= 0.6 is 12.4 Å². The molecule has 142 valence electrons. The number of hydrogen-bond donors (Lipinski definition) is 1. The first-order valence-electron chi connectivity index (χ1n) is 8.17. The summed E-state index contributed by atoms with van der Waals surface area (Å²) in [6.07, 6.45) is 0. The van der Waals surface area contributed by atoms with Crippen molar-refractivity contribution in [2.24, 2.45) is 0 Å². The zero-order valence-electron chi connectivity index (χ0n) is 14.0. The molecule has 2 aromatic carbocycles. The quantitative estimate of drug-likeness (QED) is 0.785. The summed E-state index contributed by atoms with van der Waals surface area (Å²) < 4.78 is 49.2. The van der Waals surface area contributed by atoms with E-state index in [4.69, 9.17) is 0 Å². The van der Waals surface area contributed by atoms with Crippen LogP contribution in [0.5, 0.6) is 0 Å². The third-order valence-electron chi connectivity index (χ3n) is 4.23. The van der Waals surface area contributed by atoms with Gasteiger partial charge in [-0.15, -0.1) is 12.4 Å². The van der Waals surface area contributed by atoms with E-state index in [1.165, 1.54) is 0 Å². The van der Waals surface area contributed by atoms with Crippen molar-refractivity contribution in [2.45, 2.75) is 17.9 Å². The molecule has 4 rings (SSSR count). The van der Waals surface area contributed by atoms with E-state index in [-0.39, 0.29) is 44.6 Å². The molecule has 0 radical (unpaired) electrons. The lowest BCUT2D eigenvalue weighted by Gasteiger charge is -2.44. The van der Waals surface area contributed by atoms with Crippen molar-refractivity contribution in [2.75, 3.05) is 26.2 Å². The molecule has 2 fully saturated rings. The van der Waals surface area contributed by atoms with Crippen molar-refractivity contribution < 1.29 is 17.6 Å². The van der Waals surface area contributed by atoms with Crippen LogP contribution in [0.15, 0.2) is 60.7 Å². The van der Waals surface area contributed by atoms with E-state index in [1.54, 1.807) is 0 Å².